The van der Waals surface area contributed by atoms with E-state index < -0.39 is 0 Å². The Labute approximate surface area is 167 Å². The van der Waals surface area contributed by atoms with Crippen LogP contribution in [-0.2, 0) is 30.6 Å². The summed E-state index contributed by atoms with van der Waals surface area (Å²) in [7, 11) is 0. The molecule has 1 aromatic carbocycles. The molecule has 28 heavy (non-hydrogen) atoms. The molecule has 0 unspecified atom stereocenters. The zero-order chi connectivity index (χ0) is 19.1. The molecule has 5 nitrogen and oxygen atoms in total. The Balaban J connectivity index is 1.49. The number of fused-ring (bicyclic) bond motifs is 4. The zero-order valence-electron chi connectivity index (χ0n) is 15.8. The van der Waals surface area contributed by atoms with Crippen molar-refractivity contribution in [1.29, 1.82) is 0 Å². The number of carbonyl (C=O) groups excluding carboxylic acids is 1. The van der Waals surface area contributed by atoms with Crippen LogP contribution in [0, 0.1) is 0 Å². The number of benzene rings is 1. The van der Waals surface area contributed by atoms with Crippen molar-refractivity contribution < 1.29 is 4.79 Å². The minimum absolute atomic E-state index is 0.0424. The quantitative estimate of drug-likeness (QED) is 0.624. The van der Waals surface area contributed by atoms with Gasteiger partial charge < -0.3 is 4.90 Å². The molecule has 1 aliphatic heterocycles. The minimum atomic E-state index is -0.0666. The van der Waals surface area contributed by atoms with Crippen molar-refractivity contribution in [2.24, 2.45) is 0 Å². The largest absolute Gasteiger partial charge is 0.311 e. The second-order valence-electron chi connectivity index (χ2n) is 7.70. The predicted molar refractivity (Wildman–Crippen MR) is 112 cm³/mol. The first kappa shape index (κ1) is 17.6. The van der Waals surface area contributed by atoms with Crippen molar-refractivity contribution in [2.45, 2.75) is 51.5 Å². The fraction of sp³-hybridized carbons (Fsp3) is 0.409. The van der Waals surface area contributed by atoms with Gasteiger partial charge in [-0.1, -0.05) is 24.6 Å². The number of amides is 1. The molecule has 2 aromatic heterocycles. The number of carbonyl (C=O) groups is 1. The monoisotopic (exact) mass is 393 g/mol. The van der Waals surface area contributed by atoms with Gasteiger partial charge in [-0.2, -0.15) is 0 Å². The van der Waals surface area contributed by atoms with E-state index in [0.717, 1.165) is 48.0 Å². The molecule has 5 rings (SSSR count). The summed E-state index contributed by atoms with van der Waals surface area (Å²) in [6.45, 7) is 0.745. The highest BCUT2D eigenvalue weighted by molar-refractivity contribution is 7.18. The average molecular weight is 394 g/mol. The lowest BCUT2D eigenvalue weighted by atomic mass is 10.0. The maximum atomic E-state index is 13.2. The number of rotatable bonds is 2. The van der Waals surface area contributed by atoms with E-state index in [9.17, 15) is 9.59 Å². The van der Waals surface area contributed by atoms with Crippen LogP contribution in [0.5, 0.6) is 0 Å². The molecule has 3 heterocycles. The first-order valence-corrected chi connectivity index (χ1v) is 10.9. The maximum absolute atomic E-state index is 13.2. The molecule has 2 aliphatic rings. The second-order valence-corrected chi connectivity index (χ2v) is 8.78. The highest BCUT2D eigenvalue weighted by atomic mass is 32.1. The highest BCUT2D eigenvalue weighted by Crippen LogP contribution is 2.33. The van der Waals surface area contributed by atoms with E-state index in [2.05, 4.69) is 11.1 Å². The fourth-order valence-electron chi connectivity index (χ4n) is 4.49. The molecule has 0 N–H and O–H groups in total. The van der Waals surface area contributed by atoms with Crippen molar-refractivity contribution in [1.82, 2.24) is 9.55 Å². The Hall–Kier alpha value is -2.47. The number of aromatic nitrogens is 2. The van der Waals surface area contributed by atoms with E-state index in [1.54, 1.807) is 17.7 Å². The molecule has 0 bridgehead atoms. The molecule has 1 aliphatic carbocycles. The highest BCUT2D eigenvalue weighted by Gasteiger charge is 2.24. The summed E-state index contributed by atoms with van der Waals surface area (Å²) in [5.41, 5.74) is 3.29. The number of hydrogen-bond acceptors (Lipinski definition) is 4. The van der Waals surface area contributed by atoms with Gasteiger partial charge in [-0.05, 0) is 55.7 Å². The van der Waals surface area contributed by atoms with Crippen molar-refractivity contribution in [3.05, 3.63) is 57.0 Å². The van der Waals surface area contributed by atoms with Crippen molar-refractivity contribution in [3.8, 4) is 0 Å². The van der Waals surface area contributed by atoms with Crippen LogP contribution in [0.3, 0.4) is 0 Å². The molecule has 0 spiro atoms. The van der Waals surface area contributed by atoms with E-state index in [1.165, 1.54) is 33.4 Å². The smallest absolute Gasteiger partial charge is 0.262 e. The third-order valence-electron chi connectivity index (χ3n) is 5.91. The molecule has 0 atom stereocenters. The second kappa shape index (κ2) is 7.17. The van der Waals surface area contributed by atoms with Gasteiger partial charge in [0.2, 0.25) is 5.91 Å². The van der Waals surface area contributed by atoms with Crippen LogP contribution in [0.2, 0.25) is 0 Å². The van der Waals surface area contributed by atoms with E-state index in [-0.39, 0.29) is 18.0 Å². The number of para-hydroxylation sites is 1. The Bertz CT molecular complexity index is 1110. The minimum Gasteiger partial charge on any atom is -0.311 e. The molecule has 0 fully saturated rings. The van der Waals surface area contributed by atoms with Gasteiger partial charge in [-0.15, -0.1) is 11.3 Å². The Kier molecular flexibility index (Phi) is 4.51. The number of aryl methyl sites for hydroxylation is 3. The van der Waals surface area contributed by atoms with Crippen molar-refractivity contribution >= 4 is 33.1 Å². The van der Waals surface area contributed by atoms with E-state index >= 15 is 0 Å². The van der Waals surface area contributed by atoms with E-state index in [1.807, 2.05) is 23.1 Å². The van der Waals surface area contributed by atoms with Crippen LogP contribution in [0.4, 0.5) is 5.69 Å². The summed E-state index contributed by atoms with van der Waals surface area (Å²) < 4.78 is 1.50. The van der Waals surface area contributed by atoms with Gasteiger partial charge in [0, 0.05) is 17.1 Å². The lowest BCUT2D eigenvalue weighted by molar-refractivity contribution is -0.119. The molecule has 3 aromatic rings. The van der Waals surface area contributed by atoms with Crippen molar-refractivity contribution in [2.75, 3.05) is 11.4 Å². The van der Waals surface area contributed by atoms with Crippen molar-refractivity contribution in [3.63, 3.8) is 0 Å². The Morgan fingerprint density at radius 2 is 1.93 bits per heavy atom. The third kappa shape index (κ3) is 2.96. The number of hydrogen-bond donors (Lipinski definition) is 0. The lowest BCUT2D eigenvalue weighted by Crippen LogP contribution is -2.39. The first-order chi connectivity index (χ1) is 13.7. The molecule has 6 heteroatoms. The van der Waals surface area contributed by atoms with Crippen LogP contribution in [0.1, 0.15) is 41.7 Å². The summed E-state index contributed by atoms with van der Waals surface area (Å²) in [5.74, 6) is -0.0447. The average Bonchev–Trinajstić information content (AvgIpc) is 2.92. The van der Waals surface area contributed by atoms with Gasteiger partial charge in [0.15, 0.2) is 0 Å². The normalized spacial score (nSPS) is 16.5. The van der Waals surface area contributed by atoms with Crippen LogP contribution in [0.25, 0.3) is 10.2 Å². The molecular weight excluding hydrogens is 370 g/mol. The van der Waals surface area contributed by atoms with E-state index in [4.69, 9.17) is 0 Å². The molecule has 144 valence electrons. The maximum Gasteiger partial charge on any atom is 0.262 e. The number of nitrogens with zero attached hydrogens (tertiary/aromatic N) is 3. The lowest BCUT2D eigenvalue weighted by Gasteiger charge is -2.29. The summed E-state index contributed by atoms with van der Waals surface area (Å²) >= 11 is 1.65. The Morgan fingerprint density at radius 1 is 1.07 bits per heavy atom. The molecule has 0 radical (unpaired) electrons. The van der Waals surface area contributed by atoms with Crippen LogP contribution < -0.4 is 10.5 Å². The summed E-state index contributed by atoms with van der Waals surface area (Å²) in [6, 6.07) is 8.05. The molecule has 0 saturated heterocycles. The topological polar surface area (TPSA) is 55.2 Å². The van der Waals surface area contributed by atoms with Crippen LogP contribution >= 0.6 is 11.3 Å². The number of anilines is 1. The van der Waals surface area contributed by atoms with Gasteiger partial charge in [-0.3, -0.25) is 14.2 Å². The SMILES string of the molecule is O=C(Cn1cnc2sc3c(c2c1=O)CCCCC3)N1CCCc2ccccc21. The third-order valence-corrected chi connectivity index (χ3v) is 7.11. The van der Waals surface area contributed by atoms with Crippen LogP contribution in [0.15, 0.2) is 35.4 Å². The van der Waals surface area contributed by atoms with Gasteiger partial charge in [0.25, 0.3) is 5.56 Å². The summed E-state index contributed by atoms with van der Waals surface area (Å²) in [6.07, 6.45) is 9.00. The summed E-state index contributed by atoms with van der Waals surface area (Å²) in [5, 5.41) is 0.747. The van der Waals surface area contributed by atoms with Gasteiger partial charge in [0.05, 0.1) is 11.7 Å². The summed E-state index contributed by atoms with van der Waals surface area (Å²) in [4.78, 5) is 34.7. The Morgan fingerprint density at radius 3 is 2.86 bits per heavy atom. The molecule has 0 saturated carbocycles. The zero-order valence-corrected chi connectivity index (χ0v) is 16.6. The first-order valence-electron chi connectivity index (χ1n) is 10.1. The van der Waals surface area contributed by atoms with Gasteiger partial charge in [-0.25, -0.2) is 4.98 Å². The fourth-order valence-corrected chi connectivity index (χ4v) is 5.71. The van der Waals surface area contributed by atoms with Crippen LogP contribution in [-0.4, -0.2) is 22.0 Å². The standard InChI is InChI=1S/C22H23N3O2S/c26-19(25-12-6-8-15-7-4-5-10-17(15)25)13-24-14-23-21-20(22(24)27)16-9-2-1-3-11-18(16)28-21/h4-5,7,10,14H,1-3,6,8-9,11-13H2. The molecule has 1 amide bonds. The molecular formula is C22H23N3O2S. The predicted octanol–water partition coefficient (Wildman–Crippen LogP) is 3.71. The van der Waals surface area contributed by atoms with Gasteiger partial charge in [0.1, 0.15) is 11.4 Å². The van der Waals surface area contributed by atoms with E-state index in [0.29, 0.717) is 6.54 Å². The van der Waals surface area contributed by atoms with Gasteiger partial charge >= 0.3 is 0 Å². The number of thiophene rings is 1.